The van der Waals surface area contributed by atoms with E-state index in [0.717, 1.165) is 173 Å². The normalized spacial score (nSPS) is 18.2. The molecule has 21 rings (SSSR count). The van der Waals surface area contributed by atoms with Gasteiger partial charge >= 0.3 is 36.5 Å². The molecular formula is C82H77F6N27O5. The number of aromatic amines is 2. The van der Waals surface area contributed by atoms with Crippen molar-refractivity contribution in [3.8, 4) is 45.3 Å². The molecule has 5 saturated heterocycles. The Labute approximate surface area is 681 Å². The number of amides is 8. The fraction of sp³-hybridized carbons (Fsp3) is 0.293. The van der Waals surface area contributed by atoms with Gasteiger partial charge in [-0.3, -0.25) is 35.2 Å². The first-order valence-corrected chi connectivity index (χ1v) is 39.2. The molecule has 3 aromatic carbocycles. The molecule has 8 bridgehead atoms. The average Bonchev–Trinajstić information content (AvgIpc) is 1.56. The number of carbonyl (C=O) groups excluding carboxylic acids is 4. The predicted molar refractivity (Wildman–Crippen MR) is 438 cm³/mol. The zero-order valence-corrected chi connectivity index (χ0v) is 64.4. The maximum atomic E-state index is 13.4. The maximum Gasteiger partial charge on any atom is 0.416 e. The number of nitrogens with one attached hydrogen (secondary N) is 6. The van der Waals surface area contributed by atoms with Crippen LogP contribution in [0, 0.1) is 0 Å². The fourth-order valence-electron chi connectivity index (χ4n) is 16.6. The van der Waals surface area contributed by atoms with E-state index in [1.54, 1.807) is 80.8 Å². The van der Waals surface area contributed by atoms with E-state index in [4.69, 9.17) is 9.72 Å². The van der Waals surface area contributed by atoms with Crippen molar-refractivity contribution in [1.82, 2.24) is 75.8 Å². The second kappa shape index (κ2) is 32.4. The van der Waals surface area contributed by atoms with Gasteiger partial charge in [0.25, 0.3) is 0 Å². The number of alkyl halides is 6. The summed E-state index contributed by atoms with van der Waals surface area (Å²) in [6.07, 6.45) is 4.25. The summed E-state index contributed by atoms with van der Waals surface area (Å²) in [5.41, 5.74) is 8.06. The Morgan fingerprint density at radius 2 is 0.975 bits per heavy atom. The molecule has 5 fully saturated rings. The monoisotopic (exact) mass is 1630 g/mol. The maximum absolute atomic E-state index is 13.4. The number of carbonyl (C=O) groups is 4. The van der Waals surface area contributed by atoms with E-state index >= 15 is 0 Å². The van der Waals surface area contributed by atoms with Crippen LogP contribution in [0.3, 0.4) is 0 Å². The summed E-state index contributed by atoms with van der Waals surface area (Å²) in [6.45, 7) is 11.9. The summed E-state index contributed by atoms with van der Waals surface area (Å²) in [7, 11) is 0. The number of pyridine rings is 6. The summed E-state index contributed by atoms with van der Waals surface area (Å²) in [6, 6.07) is 39.1. The Bertz CT molecular complexity index is 5790. The smallest absolute Gasteiger partial charge is 0.378 e. The minimum Gasteiger partial charge on any atom is -0.378 e. The number of morpholine rings is 1. The van der Waals surface area contributed by atoms with Crippen LogP contribution in [0.15, 0.2) is 183 Å². The molecular weight excluding hydrogens is 1560 g/mol. The van der Waals surface area contributed by atoms with Gasteiger partial charge in [-0.15, -0.1) is 10.2 Å². The molecule has 9 aliphatic rings. The number of ether oxygens (including phenoxy) is 1. The van der Waals surface area contributed by atoms with Gasteiger partial charge in [0.2, 0.25) is 5.82 Å². The highest BCUT2D eigenvalue weighted by Crippen LogP contribution is 2.46. The van der Waals surface area contributed by atoms with E-state index in [-0.39, 0.29) is 48.3 Å². The number of aromatic nitrogens is 14. The fourth-order valence-corrected chi connectivity index (χ4v) is 16.6. The van der Waals surface area contributed by atoms with Crippen LogP contribution in [-0.4, -0.2) is 204 Å². The van der Waals surface area contributed by atoms with Gasteiger partial charge in [0.05, 0.1) is 112 Å². The lowest BCUT2D eigenvalue weighted by Crippen LogP contribution is -2.50. The van der Waals surface area contributed by atoms with Gasteiger partial charge in [0.15, 0.2) is 29.1 Å². The average molecular weight is 1630 g/mol. The SMILES string of the molecule is CCNC(=O)N1c2nc(-c3cccc(C(F)(F)F)c3)ccc2N2CC[C@H]1C2.O=C(Nc1ccc2nc[nH]c2c1)N1c2nc(-c3cccc(C(F)(F)F)c3)ccc2N2CC[C@H]1C2.O=C(Nc1ccccn1)N1c2nc(-c3ccc(N4CCOCC4)nc3)ccc2N2CC[C@H]1C2.O=C(Nc1cnccn1)N1c2nc(-c3nn[nH]n3)ccc2N2CC[C@H]1C2. The van der Waals surface area contributed by atoms with Crippen molar-refractivity contribution in [2.75, 3.05) is 145 Å². The number of fused-ring (bicyclic) bond motifs is 17. The Morgan fingerprint density at radius 3 is 1.46 bits per heavy atom. The van der Waals surface area contributed by atoms with Gasteiger partial charge in [-0.05, 0) is 153 Å². The van der Waals surface area contributed by atoms with Crippen LogP contribution in [0.1, 0.15) is 43.7 Å². The van der Waals surface area contributed by atoms with Gasteiger partial charge < -0.3 is 44.9 Å². The van der Waals surface area contributed by atoms with Crippen LogP contribution in [0.2, 0.25) is 0 Å². The van der Waals surface area contributed by atoms with E-state index in [0.29, 0.717) is 87.7 Å². The van der Waals surface area contributed by atoms with Crippen LogP contribution in [-0.2, 0) is 17.1 Å². The van der Waals surface area contributed by atoms with E-state index < -0.39 is 23.5 Å². The number of hydrogen-bond donors (Lipinski definition) is 6. The van der Waals surface area contributed by atoms with Crippen LogP contribution < -0.4 is 65.4 Å². The first-order chi connectivity index (χ1) is 58.3. The molecule has 120 heavy (non-hydrogen) atoms. The van der Waals surface area contributed by atoms with Crippen molar-refractivity contribution < 1.29 is 50.3 Å². The van der Waals surface area contributed by atoms with Crippen molar-refractivity contribution in [3.05, 3.63) is 194 Å². The lowest BCUT2D eigenvalue weighted by Gasteiger charge is -2.36. The zero-order valence-electron chi connectivity index (χ0n) is 64.4. The number of H-pyrrole nitrogens is 2. The number of hydrogen-bond acceptors (Lipinski definition) is 22. The quantitative estimate of drug-likeness (QED) is 0.0731. The highest BCUT2D eigenvalue weighted by atomic mass is 19.4. The zero-order chi connectivity index (χ0) is 82.3. The van der Waals surface area contributed by atoms with Crippen molar-refractivity contribution in [2.45, 2.75) is 69.1 Å². The second-order valence-electron chi connectivity index (χ2n) is 29.7. The molecule has 6 N–H and O–H groups in total. The molecule has 612 valence electrons. The molecule has 9 aliphatic heterocycles. The number of rotatable bonds is 9. The third-order valence-electron chi connectivity index (χ3n) is 22.3. The topological polar surface area (TPSA) is 341 Å². The lowest BCUT2D eigenvalue weighted by molar-refractivity contribution is -0.138. The van der Waals surface area contributed by atoms with Crippen LogP contribution in [0.5, 0.6) is 0 Å². The van der Waals surface area contributed by atoms with Gasteiger partial charge in [-0.25, -0.2) is 59.0 Å². The number of urea groups is 4. The highest BCUT2D eigenvalue weighted by Gasteiger charge is 2.45. The van der Waals surface area contributed by atoms with E-state index in [9.17, 15) is 45.5 Å². The summed E-state index contributed by atoms with van der Waals surface area (Å²) in [5, 5.41) is 25.4. The van der Waals surface area contributed by atoms with Crippen molar-refractivity contribution in [3.63, 3.8) is 0 Å². The van der Waals surface area contributed by atoms with Crippen molar-refractivity contribution in [2.24, 2.45) is 0 Å². The van der Waals surface area contributed by atoms with E-state index in [1.165, 1.54) is 24.5 Å². The first kappa shape index (κ1) is 77.1. The summed E-state index contributed by atoms with van der Waals surface area (Å²) in [4.78, 5) is 113. The molecule has 0 spiro atoms. The largest absolute Gasteiger partial charge is 0.416 e. The third-order valence-corrected chi connectivity index (χ3v) is 22.3. The molecule has 18 heterocycles. The number of tetrazole rings is 1. The van der Waals surface area contributed by atoms with Gasteiger partial charge in [0, 0.05) is 119 Å². The van der Waals surface area contributed by atoms with Gasteiger partial charge in [0.1, 0.15) is 17.3 Å². The van der Waals surface area contributed by atoms with Crippen LogP contribution in [0.4, 0.5) is 115 Å². The number of benzene rings is 3. The Hall–Kier alpha value is -14.2. The molecule has 12 aromatic rings. The minimum atomic E-state index is -4.45. The molecule has 0 radical (unpaired) electrons. The number of imidazole rings is 1. The molecule has 0 saturated carbocycles. The number of halogens is 6. The Morgan fingerprint density at radius 1 is 0.467 bits per heavy atom. The molecule has 0 aliphatic carbocycles. The van der Waals surface area contributed by atoms with Crippen molar-refractivity contribution >= 4 is 104 Å². The number of nitrogens with zero attached hydrogens (tertiary/aromatic N) is 21. The predicted octanol–water partition coefficient (Wildman–Crippen LogP) is 12.9. The van der Waals surface area contributed by atoms with Crippen LogP contribution >= 0.6 is 0 Å². The summed E-state index contributed by atoms with van der Waals surface area (Å²) in [5.74, 6) is 4.48. The van der Waals surface area contributed by atoms with E-state index in [1.807, 2.05) is 73.8 Å². The second-order valence-corrected chi connectivity index (χ2v) is 29.7. The standard InChI is InChI=1S/C24H19F3N6O.C24H25N7O2.C19H19F3N4O.C15H14N10O/c25-24(26,27)15-3-1-2-14(10-15)18-6-7-21-22(31-18)33(17-8-9-32(21)12-17)23(34)30-16-4-5-19-20(11-16)29-13-28-19;32-24(28-21-3-1-2-9-25-21)31-18-8-10-30(16-18)20-6-5-19(27-23(20)31)17-4-7-22(26-15-17)29-11-13-33-14-12-29;1-2-23-18(27)26-14-8-9-25(11-14)16-7-6-15(24-17(16)26)12-4-3-5-13(10-12)19(20,21)22;26-15(19-12-7-16-4-5-17-12)25-9-3-6-24(8-9)11-2-1-10(18-14(11)25)13-20-22-23-21-13/h1-7,10-11,13,17H,8-9,12H2,(H,28,29)(H,30,34);1-7,9,15,18H,8,10-14,16H2,(H,25,28,32);3-7,10,14H,2,8-9,11H2,1H3,(H,23,27);1-2,4-5,7,9H,3,6,8H2,(H,17,19,26)(H,20,21,22,23)/t17-;18-;14-;9-/m0000/s1. The molecule has 0 unspecified atom stereocenters. The van der Waals surface area contributed by atoms with Gasteiger partial charge in [-0.2, -0.15) is 31.6 Å². The molecule has 32 nitrogen and oxygen atoms in total. The Balaban J connectivity index is 0.000000110. The van der Waals surface area contributed by atoms with E-state index in [2.05, 4.69) is 117 Å². The number of anilines is 12. The molecule has 8 amide bonds. The highest BCUT2D eigenvalue weighted by molar-refractivity contribution is 6.07. The third kappa shape index (κ3) is 15.6. The van der Waals surface area contributed by atoms with Gasteiger partial charge in [-0.1, -0.05) is 30.3 Å². The van der Waals surface area contributed by atoms with Crippen LogP contribution in [0.25, 0.3) is 56.3 Å². The summed E-state index contributed by atoms with van der Waals surface area (Å²) < 4.78 is 84.2. The molecule has 38 heteroatoms. The first-order valence-electron chi connectivity index (χ1n) is 39.2. The van der Waals surface area contributed by atoms with Crippen molar-refractivity contribution in [1.29, 1.82) is 0 Å². The summed E-state index contributed by atoms with van der Waals surface area (Å²) >= 11 is 0. The molecule has 4 atom stereocenters. The minimum absolute atomic E-state index is 0.0216. The Kier molecular flexibility index (Phi) is 20.8. The lowest BCUT2D eigenvalue weighted by atomic mass is 10.1. The molecule has 9 aromatic heterocycles.